The summed E-state index contributed by atoms with van der Waals surface area (Å²) in [5.74, 6) is -3.78. The maximum absolute atomic E-state index is 12.4. The van der Waals surface area contributed by atoms with Crippen LogP contribution in [0.5, 0.6) is 0 Å². The third-order valence-electron chi connectivity index (χ3n) is 4.85. The van der Waals surface area contributed by atoms with E-state index in [1.807, 2.05) is 0 Å². The van der Waals surface area contributed by atoms with E-state index >= 15 is 0 Å². The first kappa shape index (κ1) is 23.9. The number of halogens is 1. The molecule has 1 fully saturated rings. The van der Waals surface area contributed by atoms with Crippen molar-refractivity contribution in [1.29, 1.82) is 0 Å². The second-order valence-corrected chi connectivity index (χ2v) is 8.19. The number of hydrogen-bond donors (Lipinski definition) is 3. The molecule has 1 atom stereocenters. The van der Waals surface area contributed by atoms with Crippen LogP contribution in [0.4, 0.5) is 0 Å². The van der Waals surface area contributed by atoms with Gasteiger partial charge in [0.2, 0.25) is 5.91 Å². The highest BCUT2D eigenvalue weighted by atomic mass is 79.9. The van der Waals surface area contributed by atoms with E-state index < -0.39 is 42.1 Å². The molecule has 10 nitrogen and oxygen atoms in total. The van der Waals surface area contributed by atoms with Crippen LogP contribution in [0.15, 0.2) is 53.0 Å². The summed E-state index contributed by atoms with van der Waals surface area (Å²) in [6, 6.07) is 13.4. The molecule has 0 aromatic heterocycles. The van der Waals surface area contributed by atoms with Gasteiger partial charge >= 0.3 is 5.97 Å². The van der Waals surface area contributed by atoms with Gasteiger partial charge in [-0.3, -0.25) is 45.3 Å². The van der Waals surface area contributed by atoms with Crippen LogP contribution in [0.3, 0.4) is 0 Å². The number of amides is 4. The third kappa shape index (κ3) is 6.39. The minimum Gasteiger partial charge on any atom is -0.455 e. The molecule has 0 bridgehead atoms. The van der Waals surface area contributed by atoms with Crippen LogP contribution in [-0.2, 0) is 19.1 Å². The number of hydrogen-bond acceptors (Lipinski definition) is 6. The highest BCUT2D eigenvalue weighted by molar-refractivity contribution is 9.10. The van der Waals surface area contributed by atoms with E-state index in [0.29, 0.717) is 11.1 Å². The molecule has 0 spiro atoms. The molecule has 2 aromatic carbocycles. The van der Waals surface area contributed by atoms with Gasteiger partial charge in [0.25, 0.3) is 17.7 Å². The van der Waals surface area contributed by atoms with E-state index in [-0.39, 0.29) is 13.0 Å². The Morgan fingerprint density at radius 3 is 2.42 bits per heavy atom. The largest absolute Gasteiger partial charge is 0.455 e. The Hall–Kier alpha value is -3.73. The van der Waals surface area contributed by atoms with E-state index in [2.05, 4.69) is 32.2 Å². The van der Waals surface area contributed by atoms with Crippen molar-refractivity contribution in [3.63, 3.8) is 0 Å². The molecular weight excluding hydrogens is 496 g/mol. The molecule has 3 rings (SSSR count). The highest BCUT2D eigenvalue weighted by Crippen LogP contribution is 2.18. The summed E-state index contributed by atoms with van der Waals surface area (Å²) in [7, 11) is 0. The summed E-state index contributed by atoms with van der Waals surface area (Å²) in [5.41, 5.74) is 8.34. The molecule has 1 aliphatic rings. The Bertz CT molecular complexity index is 1090. The quantitative estimate of drug-likeness (QED) is 0.390. The number of carbonyl (C=O) groups is 5. The second-order valence-electron chi connectivity index (χ2n) is 7.28. The smallest absolute Gasteiger partial charge is 0.311 e. The number of ether oxygens (including phenoxy) is 1. The molecule has 0 unspecified atom stereocenters. The van der Waals surface area contributed by atoms with Gasteiger partial charge in [-0.2, -0.15) is 0 Å². The lowest BCUT2D eigenvalue weighted by atomic mass is 10.1. The highest BCUT2D eigenvalue weighted by Gasteiger charge is 2.36. The molecule has 2 aromatic rings. The van der Waals surface area contributed by atoms with Gasteiger partial charge in [0.1, 0.15) is 0 Å². The molecule has 1 aliphatic heterocycles. The minimum atomic E-state index is -0.833. The molecule has 11 heteroatoms. The van der Waals surface area contributed by atoms with Crippen molar-refractivity contribution in [3.8, 4) is 0 Å². The monoisotopic (exact) mass is 516 g/mol. The molecule has 0 saturated carbocycles. The summed E-state index contributed by atoms with van der Waals surface area (Å²) in [6.45, 7) is 1.06. The number of hydrazine groups is 2. The summed E-state index contributed by atoms with van der Waals surface area (Å²) in [6.07, 6.45) is -0.158. The van der Waals surface area contributed by atoms with Crippen molar-refractivity contribution >= 4 is 45.5 Å². The summed E-state index contributed by atoms with van der Waals surface area (Å²) in [4.78, 5) is 60.7. The molecule has 4 amide bonds. The fraction of sp³-hybridized carbons (Fsp3) is 0.227. The average Bonchev–Trinajstić information content (AvgIpc) is 3.16. The number of rotatable bonds is 6. The topological polar surface area (TPSA) is 134 Å². The van der Waals surface area contributed by atoms with E-state index in [1.54, 1.807) is 55.5 Å². The van der Waals surface area contributed by atoms with Crippen molar-refractivity contribution in [3.05, 3.63) is 69.7 Å². The molecule has 1 saturated heterocycles. The fourth-order valence-corrected chi connectivity index (χ4v) is 3.34. The Kier molecular flexibility index (Phi) is 7.78. The molecule has 0 aliphatic carbocycles. The zero-order valence-electron chi connectivity index (χ0n) is 17.6. The summed E-state index contributed by atoms with van der Waals surface area (Å²) in [5, 5.41) is 1.07. The van der Waals surface area contributed by atoms with E-state index in [1.165, 1.54) is 0 Å². The van der Waals surface area contributed by atoms with Crippen molar-refractivity contribution < 1.29 is 28.7 Å². The fourth-order valence-electron chi connectivity index (χ4n) is 3.07. The number of esters is 1. The predicted molar refractivity (Wildman–Crippen MR) is 119 cm³/mol. The van der Waals surface area contributed by atoms with Crippen LogP contribution in [-0.4, -0.2) is 47.8 Å². The van der Waals surface area contributed by atoms with Crippen LogP contribution >= 0.6 is 15.9 Å². The van der Waals surface area contributed by atoms with Crippen molar-refractivity contribution in [2.75, 3.05) is 13.2 Å². The number of benzene rings is 2. The number of aryl methyl sites for hydroxylation is 1. The standard InChI is InChI=1S/C22H21BrN4O6/c1-13-4-2-3-5-17(13)21(31)26-27-11-15(10-19(27)29)22(32)33-12-18(28)24-25-20(30)14-6-8-16(23)9-7-14/h2-9,15H,10-12H2,1H3,(H,24,28)(H,25,30)(H,26,31)/t15-/m0/s1. The maximum Gasteiger partial charge on any atom is 0.311 e. The molecule has 33 heavy (non-hydrogen) atoms. The number of nitrogens with one attached hydrogen (secondary N) is 3. The Morgan fingerprint density at radius 1 is 1.03 bits per heavy atom. The van der Waals surface area contributed by atoms with Crippen LogP contribution in [0.2, 0.25) is 0 Å². The minimum absolute atomic E-state index is 0.0722. The lowest BCUT2D eigenvalue weighted by Crippen LogP contribution is -2.44. The zero-order chi connectivity index (χ0) is 24.0. The normalized spacial score (nSPS) is 15.0. The zero-order valence-corrected chi connectivity index (χ0v) is 19.2. The van der Waals surface area contributed by atoms with Crippen LogP contribution in [0.1, 0.15) is 32.7 Å². The Morgan fingerprint density at radius 2 is 1.73 bits per heavy atom. The molecular formula is C22H21BrN4O6. The maximum atomic E-state index is 12.4. The molecule has 0 radical (unpaired) electrons. The summed E-state index contributed by atoms with van der Waals surface area (Å²) >= 11 is 3.26. The van der Waals surface area contributed by atoms with Gasteiger partial charge in [-0.05, 0) is 42.8 Å². The van der Waals surface area contributed by atoms with Crippen LogP contribution in [0, 0.1) is 12.8 Å². The van der Waals surface area contributed by atoms with Gasteiger partial charge in [-0.1, -0.05) is 34.1 Å². The van der Waals surface area contributed by atoms with Crippen molar-refractivity contribution in [1.82, 2.24) is 21.3 Å². The SMILES string of the molecule is Cc1ccccc1C(=O)NN1C[C@@H](C(=O)OCC(=O)NNC(=O)c2ccc(Br)cc2)CC1=O. The van der Waals surface area contributed by atoms with Gasteiger partial charge in [0, 0.05) is 22.0 Å². The van der Waals surface area contributed by atoms with Gasteiger partial charge in [0.05, 0.1) is 12.5 Å². The van der Waals surface area contributed by atoms with Crippen molar-refractivity contribution in [2.45, 2.75) is 13.3 Å². The second kappa shape index (κ2) is 10.7. The molecule has 172 valence electrons. The Balaban J connectivity index is 1.43. The summed E-state index contributed by atoms with van der Waals surface area (Å²) < 4.78 is 5.75. The van der Waals surface area contributed by atoms with Gasteiger partial charge in [-0.15, -0.1) is 0 Å². The van der Waals surface area contributed by atoms with E-state index in [4.69, 9.17) is 4.74 Å². The van der Waals surface area contributed by atoms with Gasteiger partial charge in [-0.25, -0.2) is 0 Å². The third-order valence-corrected chi connectivity index (χ3v) is 5.38. The molecule has 1 heterocycles. The van der Waals surface area contributed by atoms with Crippen LogP contribution in [0.25, 0.3) is 0 Å². The first-order chi connectivity index (χ1) is 15.7. The number of nitrogens with zero attached hydrogens (tertiary/aromatic N) is 1. The van der Waals surface area contributed by atoms with Gasteiger partial charge in [0.15, 0.2) is 6.61 Å². The Labute approximate surface area is 197 Å². The van der Waals surface area contributed by atoms with E-state index in [9.17, 15) is 24.0 Å². The van der Waals surface area contributed by atoms with Crippen LogP contribution < -0.4 is 16.3 Å². The van der Waals surface area contributed by atoms with Crippen molar-refractivity contribution in [2.24, 2.45) is 5.92 Å². The predicted octanol–water partition coefficient (Wildman–Crippen LogP) is 1.26. The molecule has 3 N–H and O–H groups in total. The first-order valence-corrected chi connectivity index (χ1v) is 10.7. The van der Waals surface area contributed by atoms with Gasteiger partial charge < -0.3 is 4.74 Å². The average molecular weight is 517 g/mol. The first-order valence-electron chi connectivity index (χ1n) is 9.93. The lowest BCUT2D eigenvalue weighted by molar-refractivity contribution is -0.152. The lowest BCUT2D eigenvalue weighted by Gasteiger charge is -2.18. The number of carbonyl (C=O) groups excluding carboxylic acids is 5. The van der Waals surface area contributed by atoms with E-state index in [0.717, 1.165) is 15.0 Å².